The molecule has 0 aliphatic carbocycles. The van der Waals surface area contributed by atoms with Crippen molar-refractivity contribution in [3.05, 3.63) is 41.2 Å². The van der Waals surface area contributed by atoms with Gasteiger partial charge in [-0.15, -0.1) is 0 Å². The molecule has 0 saturated carbocycles. The van der Waals surface area contributed by atoms with Gasteiger partial charge < -0.3 is 10.7 Å². The average molecular weight is 245 g/mol. The van der Waals surface area contributed by atoms with Crippen LogP contribution in [0.25, 0.3) is 0 Å². The zero-order valence-electron chi connectivity index (χ0n) is 10.2. The van der Waals surface area contributed by atoms with Crippen molar-refractivity contribution in [2.45, 2.75) is 13.8 Å². The summed E-state index contributed by atoms with van der Waals surface area (Å²) >= 11 is 0. The van der Waals surface area contributed by atoms with E-state index in [1.54, 1.807) is 24.3 Å². The molecule has 0 unspecified atom stereocenters. The number of nitrogens with one attached hydrogen (secondary N) is 3. The molecule has 0 spiro atoms. The molecule has 0 aliphatic heterocycles. The predicted octanol–water partition coefficient (Wildman–Crippen LogP) is 1.56. The number of hydrogen-bond donors (Lipinski definition) is 4. The van der Waals surface area contributed by atoms with E-state index in [9.17, 15) is 4.79 Å². The van der Waals surface area contributed by atoms with E-state index < -0.39 is 0 Å². The van der Waals surface area contributed by atoms with Crippen LogP contribution < -0.4 is 16.6 Å². The van der Waals surface area contributed by atoms with Crippen LogP contribution in [0.1, 0.15) is 21.7 Å². The highest BCUT2D eigenvalue weighted by Gasteiger charge is 2.11. The van der Waals surface area contributed by atoms with Crippen molar-refractivity contribution in [2.24, 2.45) is 5.84 Å². The molecule has 0 saturated heterocycles. The highest BCUT2D eigenvalue weighted by Crippen LogP contribution is 2.17. The molecule has 94 valence electrons. The van der Waals surface area contributed by atoms with Crippen LogP contribution in [0.5, 0.6) is 0 Å². The van der Waals surface area contributed by atoms with Crippen LogP contribution in [0.4, 0.5) is 11.4 Å². The summed E-state index contributed by atoms with van der Waals surface area (Å²) in [6.07, 6.45) is 0. The standard InChI is InChI=1S/C12H15N5O/c1-7-11(8(2)17-16-7)14-12(18)9-3-5-10(15-13)6-4-9/h3-6,15H,13H2,1-2H3,(H,14,18)(H,16,17). The van der Waals surface area contributed by atoms with Gasteiger partial charge in [0.15, 0.2) is 0 Å². The van der Waals surface area contributed by atoms with Crippen molar-refractivity contribution < 1.29 is 4.79 Å². The van der Waals surface area contributed by atoms with Crippen molar-refractivity contribution in [2.75, 3.05) is 10.7 Å². The topological polar surface area (TPSA) is 95.8 Å². The molecular weight excluding hydrogens is 230 g/mol. The number of anilines is 2. The molecule has 1 heterocycles. The van der Waals surface area contributed by atoms with E-state index in [4.69, 9.17) is 5.84 Å². The Labute approximate surface area is 105 Å². The van der Waals surface area contributed by atoms with Gasteiger partial charge in [0.05, 0.1) is 17.1 Å². The first-order chi connectivity index (χ1) is 8.61. The summed E-state index contributed by atoms with van der Waals surface area (Å²) in [4.78, 5) is 12.0. The minimum Gasteiger partial charge on any atom is -0.324 e. The van der Waals surface area contributed by atoms with Crippen LogP contribution in [0.15, 0.2) is 24.3 Å². The monoisotopic (exact) mass is 245 g/mol. The van der Waals surface area contributed by atoms with Crippen LogP contribution in [0, 0.1) is 13.8 Å². The molecule has 0 fully saturated rings. The highest BCUT2D eigenvalue weighted by molar-refractivity contribution is 6.05. The van der Waals surface area contributed by atoms with Gasteiger partial charge in [0.25, 0.3) is 5.91 Å². The minimum absolute atomic E-state index is 0.175. The maximum absolute atomic E-state index is 12.0. The first-order valence-corrected chi connectivity index (χ1v) is 5.51. The number of carbonyl (C=O) groups is 1. The molecule has 2 aromatic rings. The number of carbonyl (C=O) groups excluding carboxylic acids is 1. The number of rotatable bonds is 3. The van der Waals surface area contributed by atoms with Crippen LogP contribution >= 0.6 is 0 Å². The summed E-state index contributed by atoms with van der Waals surface area (Å²) in [5.74, 6) is 5.09. The van der Waals surface area contributed by atoms with E-state index in [0.717, 1.165) is 22.8 Å². The third-order valence-corrected chi connectivity index (χ3v) is 2.68. The summed E-state index contributed by atoms with van der Waals surface area (Å²) < 4.78 is 0. The number of aromatic nitrogens is 2. The van der Waals surface area contributed by atoms with Crippen LogP contribution in [-0.4, -0.2) is 16.1 Å². The van der Waals surface area contributed by atoms with Gasteiger partial charge in [-0.1, -0.05) is 0 Å². The molecule has 18 heavy (non-hydrogen) atoms. The summed E-state index contributed by atoms with van der Waals surface area (Å²) in [7, 11) is 0. The second-order valence-corrected chi connectivity index (χ2v) is 3.98. The van der Waals surface area contributed by atoms with Crippen molar-refractivity contribution in [3.8, 4) is 0 Å². The van der Waals surface area contributed by atoms with Gasteiger partial charge in [0.1, 0.15) is 0 Å². The molecule has 1 amide bonds. The fourth-order valence-corrected chi connectivity index (χ4v) is 1.64. The first kappa shape index (κ1) is 12.1. The molecular formula is C12H15N5O. The number of benzene rings is 1. The summed E-state index contributed by atoms with van der Waals surface area (Å²) in [6, 6.07) is 6.89. The maximum atomic E-state index is 12.0. The Morgan fingerprint density at radius 1 is 1.28 bits per heavy atom. The number of H-pyrrole nitrogens is 1. The Morgan fingerprint density at radius 3 is 2.44 bits per heavy atom. The van der Waals surface area contributed by atoms with E-state index in [2.05, 4.69) is 20.9 Å². The lowest BCUT2D eigenvalue weighted by Gasteiger charge is -2.06. The quantitative estimate of drug-likeness (QED) is 0.487. The third-order valence-electron chi connectivity index (χ3n) is 2.68. The summed E-state index contributed by atoms with van der Waals surface area (Å²) in [5, 5.41) is 9.67. The summed E-state index contributed by atoms with van der Waals surface area (Å²) in [5.41, 5.74) is 6.15. The molecule has 1 aromatic carbocycles. The largest absolute Gasteiger partial charge is 0.324 e. The zero-order chi connectivity index (χ0) is 13.1. The van der Waals surface area contributed by atoms with Crippen molar-refractivity contribution in [1.82, 2.24) is 10.2 Å². The van der Waals surface area contributed by atoms with Gasteiger partial charge >= 0.3 is 0 Å². The van der Waals surface area contributed by atoms with Crippen molar-refractivity contribution in [1.29, 1.82) is 0 Å². The van der Waals surface area contributed by atoms with Gasteiger partial charge in [-0.2, -0.15) is 5.10 Å². The lowest BCUT2D eigenvalue weighted by molar-refractivity contribution is 0.102. The Kier molecular flexibility index (Phi) is 3.29. The smallest absolute Gasteiger partial charge is 0.255 e. The summed E-state index contributed by atoms with van der Waals surface area (Å²) in [6.45, 7) is 3.69. The number of hydrogen-bond acceptors (Lipinski definition) is 4. The highest BCUT2D eigenvalue weighted by atomic mass is 16.1. The number of aryl methyl sites for hydroxylation is 2. The molecule has 1 aromatic heterocycles. The number of aromatic amines is 1. The Hall–Kier alpha value is -2.34. The van der Waals surface area contributed by atoms with Gasteiger partial charge in [-0.3, -0.25) is 15.7 Å². The molecule has 0 bridgehead atoms. The number of nitrogens with zero attached hydrogens (tertiary/aromatic N) is 1. The Bertz CT molecular complexity index is 539. The van der Waals surface area contributed by atoms with Crippen molar-refractivity contribution >= 4 is 17.3 Å². The van der Waals surface area contributed by atoms with E-state index in [0.29, 0.717) is 5.56 Å². The van der Waals surface area contributed by atoms with E-state index in [1.165, 1.54) is 0 Å². The Balaban J connectivity index is 2.17. The van der Waals surface area contributed by atoms with E-state index >= 15 is 0 Å². The average Bonchev–Trinajstić information content (AvgIpc) is 2.70. The second kappa shape index (κ2) is 4.89. The normalized spacial score (nSPS) is 10.2. The van der Waals surface area contributed by atoms with Crippen LogP contribution in [0.3, 0.4) is 0 Å². The molecule has 2 rings (SSSR count). The number of nitrogens with two attached hydrogens (primary N) is 1. The maximum Gasteiger partial charge on any atom is 0.255 e. The van der Waals surface area contributed by atoms with Crippen LogP contribution in [-0.2, 0) is 0 Å². The van der Waals surface area contributed by atoms with E-state index in [1.807, 2.05) is 13.8 Å². The van der Waals surface area contributed by atoms with Gasteiger partial charge in [-0.05, 0) is 38.1 Å². The molecule has 6 nitrogen and oxygen atoms in total. The fourth-order valence-electron chi connectivity index (χ4n) is 1.64. The second-order valence-electron chi connectivity index (χ2n) is 3.98. The van der Waals surface area contributed by atoms with Gasteiger partial charge in [-0.25, -0.2) is 0 Å². The molecule has 0 atom stereocenters. The van der Waals surface area contributed by atoms with E-state index in [-0.39, 0.29) is 5.91 Å². The number of amides is 1. The van der Waals surface area contributed by atoms with Crippen molar-refractivity contribution in [3.63, 3.8) is 0 Å². The Morgan fingerprint density at radius 2 is 1.94 bits per heavy atom. The number of hydrazine groups is 1. The SMILES string of the molecule is Cc1n[nH]c(C)c1NC(=O)c1ccc(NN)cc1. The lowest BCUT2D eigenvalue weighted by atomic mass is 10.2. The molecule has 0 radical (unpaired) electrons. The van der Waals surface area contributed by atoms with Gasteiger partial charge in [0.2, 0.25) is 0 Å². The number of nitrogen functional groups attached to an aromatic ring is 1. The fraction of sp³-hybridized carbons (Fsp3) is 0.167. The first-order valence-electron chi connectivity index (χ1n) is 5.51. The third kappa shape index (κ3) is 2.33. The molecule has 5 N–H and O–H groups in total. The predicted molar refractivity (Wildman–Crippen MR) is 70.3 cm³/mol. The zero-order valence-corrected chi connectivity index (χ0v) is 10.2. The molecule has 0 aliphatic rings. The van der Waals surface area contributed by atoms with Gasteiger partial charge in [0, 0.05) is 11.3 Å². The lowest BCUT2D eigenvalue weighted by Crippen LogP contribution is -2.13. The van der Waals surface area contributed by atoms with Crippen LogP contribution in [0.2, 0.25) is 0 Å². The molecule has 6 heteroatoms. The minimum atomic E-state index is -0.175.